The Hall–Kier alpha value is -8.60. The van der Waals surface area contributed by atoms with Crippen molar-refractivity contribution in [2.75, 3.05) is 0 Å². The molecular formula is C60H36N2O2. The largest absolute Gasteiger partial charge is 0.456 e. The van der Waals surface area contributed by atoms with Crippen LogP contribution < -0.4 is 0 Å². The number of para-hydroxylation sites is 4. The van der Waals surface area contributed by atoms with E-state index in [1.807, 2.05) is 12.1 Å². The minimum atomic E-state index is 0.871. The van der Waals surface area contributed by atoms with Gasteiger partial charge in [0.05, 0.1) is 22.1 Å². The van der Waals surface area contributed by atoms with Gasteiger partial charge in [0, 0.05) is 54.5 Å². The van der Waals surface area contributed by atoms with Crippen molar-refractivity contribution in [2.24, 2.45) is 0 Å². The number of hydrogen-bond acceptors (Lipinski definition) is 2. The van der Waals surface area contributed by atoms with E-state index in [9.17, 15) is 0 Å². The summed E-state index contributed by atoms with van der Waals surface area (Å²) in [7, 11) is 0. The van der Waals surface area contributed by atoms with Gasteiger partial charge in [0.15, 0.2) is 0 Å². The van der Waals surface area contributed by atoms with Gasteiger partial charge in [-0.05, 0) is 130 Å². The van der Waals surface area contributed by atoms with Crippen LogP contribution in [0.5, 0.6) is 0 Å². The number of benzene rings is 10. The first-order valence-corrected chi connectivity index (χ1v) is 21.8. The molecule has 0 atom stereocenters. The minimum absolute atomic E-state index is 0.871. The molecule has 4 heterocycles. The average Bonchev–Trinajstić information content (AvgIpc) is 4.11. The molecule has 10 aromatic carbocycles. The van der Waals surface area contributed by atoms with Gasteiger partial charge >= 0.3 is 0 Å². The predicted octanol–water partition coefficient (Wildman–Crippen LogP) is 16.7. The van der Waals surface area contributed by atoms with Gasteiger partial charge < -0.3 is 18.0 Å². The van der Waals surface area contributed by atoms with Crippen molar-refractivity contribution < 1.29 is 8.83 Å². The van der Waals surface area contributed by atoms with Gasteiger partial charge in [0.1, 0.15) is 22.3 Å². The van der Waals surface area contributed by atoms with Crippen LogP contribution >= 0.6 is 0 Å². The summed E-state index contributed by atoms with van der Waals surface area (Å²) in [6.45, 7) is 0. The Labute approximate surface area is 367 Å². The molecular weight excluding hydrogens is 781 g/mol. The lowest BCUT2D eigenvalue weighted by atomic mass is 9.97. The zero-order chi connectivity index (χ0) is 41.9. The van der Waals surface area contributed by atoms with Gasteiger partial charge in [0.25, 0.3) is 0 Å². The normalized spacial score (nSPS) is 12.1. The first-order valence-electron chi connectivity index (χ1n) is 21.8. The van der Waals surface area contributed by atoms with Gasteiger partial charge in [-0.15, -0.1) is 0 Å². The fraction of sp³-hybridized carbons (Fsp3) is 0. The number of furan rings is 2. The highest BCUT2D eigenvalue weighted by molar-refractivity contribution is 6.13. The zero-order valence-corrected chi connectivity index (χ0v) is 34.5. The molecule has 0 radical (unpaired) electrons. The molecule has 14 rings (SSSR count). The Bertz CT molecular complexity index is 4200. The van der Waals surface area contributed by atoms with E-state index in [-0.39, 0.29) is 0 Å². The molecule has 298 valence electrons. The monoisotopic (exact) mass is 816 g/mol. The predicted molar refractivity (Wildman–Crippen MR) is 266 cm³/mol. The molecule has 4 heteroatoms. The van der Waals surface area contributed by atoms with Gasteiger partial charge in [-0.2, -0.15) is 0 Å². The maximum absolute atomic E-state index is 6.45. The Kier molecular flexibility index (Phi) is 7.36. The van der Waals surface area contributed by atoms with Crippen LogP contribution in [-0.4, -0.2) is 9.13 Å². The van der Waals surface area contributed by atoms with Crippen LogP contribution in [0.1, 0.15) is 0 Å². The van der Waals surface area contributed by atoms with Crippen molar-refractivity contribution in [1.82, 2.24) is 9.13 Å². The second-order valence-electron chi connectivity index (χ2n) is 16.9. The number of nitrogens with zero attached hydrogens (tertiary/aromatic N) is 2. The van der Waals surface area contributed by atoms with Crippen LogP contribution in [0.4, 0.5) is 0 Å². The quantitative estimate of drug-likeness (QED) is 0.173. The molecule has 0 bridgehead atoms. The highest BCUT2D eigenvalue weighted by atomic mass is 16.3. The minimum Gasteiger partial charge on any atom is -0.456 e. The van der Waals surface area contributed by atoms with Crippen molar-refractivity contribution in [3.05, 3.63) is 218 Å². The van der Waals surface area contributed by atoms with E-state index in [4.69, 9.17) is 8.83 Å². The third-order valence-electron chi connectivity index (χ3n) is 13.3. The van der Waals surface area contributed by atoms with Gasteiger partial charge in [-0.25, -0.2) is 0 Å². The SMILES string of the molecule is c1ccc(-n2c3ccccc3c3ccc(-c4cccc(-c5ccc6c(c5)c5ccccc5n6-c5ccc6oc7ccc(-c8ccc9oc%10ccccc%10c9c8)cc7c6c5)c4)cc32)cc1. The Morgan fingerprint density at radius 2 is 0.672 bits per heavy atom. The lowest BCUT2D eigenvalue weighted by molar-refractivity contribution is 0.668. The van der Waals surface area contributed by atoms with Gasteiger partial charge in [0.2, 0.25) is 0 Å². The van der Waals surface area contributed by atoms with E-state index in [0.717, 1.165) is 71.9 Å². The van der Waals surface area contributed by atoms with Crippen LogP contribution in [0.15, 0.2) is 227 Å². The van der Waals surface area contributed by atoms with Crippen molar-refractivity contribution in [2.45, 2.75) is 0 Å². The Balaban J connectivity index is 0.866. The maximum Gasteiger partial charge on any atom is 0.135 e. The summed E-state index contributed by atoms with van der Waals surface area (Å²) in [5, 5.41) is 9.38. The molecule has 0 saturated heterocycles. The Morgan fingerprint density at radius 3 is 1.39 bits per heavy atom. The summed E-state index contributed by atoms with van der Waals surface area (Å²) < 4.78 is 17.4. The van der Waals surface area contributed by atoms with Gasteiger partial charge in [-0.1, -0.05) is 121 Å². The van der Waals surface area contributed by atoms with Crippen molar-refractivity contribution in [3.8, 4) is 44.8 Å². The molecule has 0 unspecified atom stereocenters. The maximum atomic E-state index is 6.45. The third kappa shape index (κ3) is 5.23. The molecule has 0 N–H and O–H groups in total. The fourth-order valence-corrected chi connectivity index (χ4v) is 10.3. The van der Waals surface area contributed by atoms with Crippen LogP contribution in [0.25, 0.3) is 132 Å². The fourth-order valence-electron chi connectivity index (χ4n) is 10.3. The first-order chi connectivity index (χ1) is 31.7. The molecule has 4 aromatic heterocycles. The van der Waals surface area contributed by atoms with E-state index >= 15 is 0 Å². The summed E-state index contributed by atoms with van der Waals surface area (Å²) in [6, 6.07) is 78.7. The van der Waals surface area contributed by atoms with Crippen LogP contribution in [0, 0.1) is 0 Å². The summed E-state index contributed by atoms with van der Waals surface area (Å²) in [5.41, 5.74) is 17.6. The van der Waals surface area contributed by atoms with Crippen LogP contribution in [-0.2, 0) is 0 Å². The van der Waals surface area contributed by atoms with E-state index in [2.05, 4.69) is 215 Å². The molecule has 0 saturated carbocycles. The molecule has 0 aliphatic carbocycles. The molecule has 0 aliphatic heterocycles. The summed E-state index contributed by atoms with van der Waals surface area (Å²) in [4.78, 5) is 0. The van der Waals surface area contributed by atoms with E-state index < -0.39 is 0 Å². The third-order valence-corrected chi connectivity index (χ3v) is 13.3. The molecule has 0 fully saturated rings. The van der Waals surface area contributed by atoms with E-state index in [0.29, 0.717) is 0 Å². The second kappa shape index (κ2) is 13.4. The zero-order valence-electron chi connectivity index (χ0n) is 34.5. The smallest absolute Gasteiger partial charge is 0.135 e. The van der Waals surface area contributed by atoms with E-state index in [1.54, 1.807) is 0 Å². The lowest BCUT2D eigenvalue weighted by Crippen LogP contribution is -1.93. The number of rotatable bonds is 5. The van der Waals surface area contributed by atoms with Crippen LogP contribution in [0.2, 0.25) is 0 Å². The molecule has 64 heavy (non-hydrogen) atoms. The highest BCUT2D eigenvalue weighted by Crippen LogP contribution is 2.41. The van der Waals surface area contributed by atoms with Crippen LogP contribution in [0.3, 0.4) is 0 Å². The van der Waals surface area contributed by atoms with Crippen molar-refractivity contribution in [1.29, 1.82) is 0 Å². The van der Waals surface area contributed by atoms with Crippen molar-refractivity contribution in [3.63, 3.8) is 0 Å². The molecule has 0 amide bonds. The number of fused-ring (bicyclic) bond motifs is 12. The first kappa shape index (κ1) is 35.0. The Morgan fingerprint density at radius 1 is 0.219 bits per heavy atom. The summed E-state index contributed by atoms with van der Waals surface area (Å²) in [5.74, 6) is 0. The molecule has 4 nitrogen and oxygen atoms in total. The van der Waals surface area contributed by atoms with Crippen molar-refractivity contribution >= 4 is 87.5 Å². The van der Waals surface area contributed by atoms with E-state index in [1.165, 1.54) is 60.3 Å². The average molecular weight is 817 g/mol. The molecule has 0 aliphatic rings. The second-order valence-corrected chi connectivity index (χ2v) is 16.9. The standard InChI is InChI=1S/C60H36N2O2/c1-2-13-43(14-3-1)61-53-18-7-4-15-45(53)47-26-21-42(35-56(47)61)38-12-10-11-37(31-38)39-22-27-55-49(32-39)46-16-5-8-19-54(46)62(55)44-25-30-60-52(36-44)51-34-41(24-29-59(51)64-60)40-23-28-58-50(33-40)48-17-6-9-20-57(48)63-58/h1-36H. The number of hydrogen-bond donors (Lipinski definition) is 0. The summed E-state index contributed by atoms with van der Waals surface area (Å²) in [6.07, 6.45) is 0. The topological polar surface area (TPSA) is 36.1 Å². The summed E-state index contributed by atoms with van der Waals surface area (Å²) >= 11 is 0. The number of aromatic nitrogens is 2. The lowest BCUT2D eigenvalue weighted by Gasteiger charge is -2.10. The molecule has 14 aromatic rings. The highest BCUT2D eigenvalue weighted by Gasteiger charge is 2.18. The van der Waals surface area contributed by atoms with Gasteiger partial charge in [-0.3, -0.25) is 0 Å². The molecule has 0 spiro atoms.